The second kappa shape index (κ2) is 7.54. The zero-order chi connectivity index (χ0) is 15.9. The van der Waals surface area contributed by atoms with E-state index in [1.54, 1.807) is 32.3 Å². The fraction of sp³-hybridized carbons (Fsp3) is 0.294. The highest BCUT2D eigenvalue weighted by Gasteiger charge is 2.03. The third-order valence-corrected chi connectivity index (χ3v) is 3.46. The number of nitrogens with zero attached hydrogens (tertiary/aromatic N) is 2. The number of guanidine groups is 1. The van der Waals surface area contributed by atoms with E-state index in [0.29, 0.717) is 24.6 Å². The van der Waals surface area contributed by atoms with Gasteiger partial charge in [-0.3, -0.25) is 9.98 Å². The van der Waals surface area contributed by atoms with Gasteiger partial charge in [-0.1, -0.05) is 18.2 Å². The topological polar surface area (TPSA) is 49.3 Å². The summed E-state index contributed by atoms with van der Waals surface area (Å²) in [7, 11) is 1.70. The first kappa shape index (κ1) is 15.9. The van der Waals surface area contributed by atoms with Crippen molar-refractivity contribution < 1.29 is 4.39 Å². The Morgan fingerprint density at radius 2 is 1.91 bits per heavy atom. The molecule has 0 saturated heterocycles. The molecule has 0 amide bonds. The molecule has 4 nitrogen and oxygen atoms in total. The molecular weight excluding hydrogens is 279 g/mol. The molecule has 116 valence electrons. The maximum Gasteiger partial charge on any atom is 0.191 e. The fourth-order valence-electron chi connectivity index (χ4n) is 2.02. The number of nitrogens with one attached hydrogen (secondary N) is 2. The van der Waals surface area contributed by atoms with Crippen molar-refractivity contribution in [3.63, 3.8) is 0 Å². The molecule has 0 spiro atoms. The summed E-state index contributed by atoms with van der Waals surface area (Å²) in [6, 6.07) is 9.16. The van der Waals surface area contributed by atoms with Crippen LogP contribution >= 0.6 is 0 Å². The molecule has 1 heterocycles. The first-order valence-electron chi connectivity index (χ1n) is 7.20. The quantitative estimate of drug-likeness (QED) is 0.674. The molecule has 0 aliphatic carbocycles. The highest BCUT2D eigenvalue weighted by Crippen LogP contribution is 2.08. The van der Waals surface area contributed by atoms with Gasteiger partial charge in [0.05, 0.1) is 12.2 Å². The minimum atomic E-state index is -0.189. The number of halogens is 1. The standard InChI is InChI=1S/C17H21FN4/c1-12-6-7-14(9-15(12)18)10-21-17(19-3)22-11-16-13(2)5-4-8-20-16/h4-9H,10-11H2,1-3H3,(H2,19,21,22). The number of benzene rings is 1. The Morgan fingerprint density at radius 3 is 2.59 bits per heavy atom. The van der Waals surface area contributed by atoms with E-state index in [4.69, 9.17) is 0 Å². The van der Waals surface area contributed by atoms with Crippen molar-refractivity contribution in [3.05, 3.63) is 64.7 Å². The van der Waals surface area contributed by atoms with Gasteiger partial charge in [-0.2, -0.15) is 0 Å². The summed E-state index contributed by atoms with van der Waals surface area (Å²) in [4.78, 5) is 8.49. The van der Waals surface area contributed by atoms with Crippen LogP contribution in [0, 0.1) is 19.7 Å². The Morgan fingerprint density at radius 1 is 1.14 bits per heavy atom. The Labute approximate surface area is 130 Å². The zero-order valence-corrected chi connectivity index (χ0v) is 13.2. The van der Waals surface area contributed by atoms with Crippen molar-refractivity contribution in [2.45, 2.75) is 26.9 Å². The molecule has 22 heavy (non-hydrogen) atoms. The largest absolute Gasteiger partial charge is 0.352 e. The number of hydrogen-bond acceptors (Lipinski definition) is 2. The van der Waals surface area contributed by atoms with Gasteiger partial charge in [0, 0.05) is 19.8 Å². The minimum Gasteiger partial charge on any atom is -0.352 e. The van der Waals surface area contributed by atoms with E-state index in [1.165, 1.54) is 0 Å². The molecule has 0 unspecified atom stereocenters. The molecule has 0 saturated carbocycles. The normalized spacial score (nSPS) is 11.4. The molecule has 2 rings (SSSR count). The highest BCUT2D eigenvalue weighted by atomic mass is 19.1. The number of rotatable bonds is 4. The van der Waals surface area contributed by atoms with Crippen LogP contribution < -0.4 is 10.6 Å². The first-order valence-corrected chi connectivity index (χ1v) is 7.20. The number of aliphatic imine (C=N–C) groups is 1. The molecule has 0 radical (unpaired) electrons. The average Bonchev–Trinajstić information content (AvgIpc) is 2.52. The lowest BCUT2D eigenvalue weighted by Crippen LogP contribution is -2.36. The summed E-state index contributed by atoms with van der Waals surface area (Å²) in [6.07, 6.45) is 1.77. The van der Waals surface area contributed by atoms with Crippen molar-refractivity contribution in [3.8, 4) is 0 Å². The third kappa shape index (κ3) is 4.28. The van der Waals surface area contributed by atoms with Crippen LogP contribution in [-0.2, 0) is 13.1 Å². The monoisotopic (exact) mass is 300 g/mol. The van der Waals surface area contributed by atoms with E-state index in [0.717, 1.165) is 16.8 Å². The predicted molar refractivity (Wildman–Crippen MR) is 87.1 cm³/mol. The summed E-state index contributed by atoms with van der Waals surface area (Å²) in [5.41, 5.74) is 3.63. The van der Waals surface area contributed by atoms with Gasteiger partial charge in [0.25, 0.3) is 0 Å². The smallest absolute Gasteiger partial charge is 0.191 e. The fourth-order valence-corrected chi connectivity index (χ4v) is 2.02. The van der Waals surface area contributed by atoms with Gasteiger partial charge in [0.2, 0.25) is 0 Å². The van der Waals surface area contributed by atoms with Crippen LogP contribution in [0.2, 0.25) is 0 Å². The maximum atomic E-state index is 13.5. The Bertz CT molecular complexity index is 667. The molecule has 0 atom stereocenters. The molecule has 1 aromatic heterocycles. The van der Waals surface area contributed by atoms with Gasteiger partial charge in [0.15, 0.2) is 5.96 Å². The molecule has 1 aromatic carbocycles. The van der Waals surface area contributed by atoms with E-state index < -0.39 is 0 Å². The second-order valence-electron chi connectivity index (χ2n) is 5.13. The average molecular weight is 300 g/mol. The molecule has 5 heteroatoms. The van der Waals surface area contributed by atoms with Gasteiger partial charge in [0.1, 0.15) is 5.82 Å². The summed E-state index contributed by atoms with van der Waals surface area (Å²) >= 11 is 0. The van der Waals surface area contributed by atoms with Crippen molar-refractivity contribution in [1.82, 2.24) is 15.6 Å². The lowest BCUT2D eigenvalue weighted by molar-refractivity contribution is 0.615. The van der Waals surface area contributed by atoms with E-state index in [9.17, 15) is 4.39 Å². The number of aryl methyl sites for hydroxylation is 2. The highest BCUT2D eigenvalue weighted by molar-refractivity contribution is 5.79. The van der Waals surface area contributed by atoms with Crippen LogP contribution in [0.3, 0.4) is 0 Å². The lowest BCUT2D eigenvalue weighted by Gasteiger charge is -2.13. The van der Waals surface area contributed by atoms with Crippen LogP contribution in [0.1, 0.15) is 22.4 Å². The third-order valence-electron chi connectivity index (χ3n) is 3.46. The van der Waals surface area contributed by atoms with Gasteiger partial charge in [-0.05, 0) is 42.7 Å². The van der Waals surface area contributed by atoms with Gasteiger partial charge >= 0.3 is 0 Å². The molecule has 2 aromatic rings. The molecule has 0 aliphatic heterocycles. The summed E-state index contributed by atoms with van der Waals surface area (Å²) in [5.74, 6) is 0.470. The van der Waals surface area contributed by atoms with Crippen molar-refractivity contribution >= 4 is 5.96 Å². The summed E-state index contributed by atoms with van der Waals surface area (Å²) in [6.45, 7) is 4.88. The predicted octanol–water partition coefficient (Wildman–Crippen LogP) is 2.70. The Kier molecular flexibility index (Phi) is 5.47. The van der Waals surface area contributed by atoms with E-state index in [1.807, 2.05) is 25.1 Å². The van der Waals surface area contributed by atoms with E-state index >= 15 is 0 Å². The number of hydrogen-bond donors (Lipinski definition) is 2. The van der Waals surface area contributed by atoms with E-state index in [-0.39, 0.29) is 5.82 Å². The van der Waals surface area contributed by atoms with Crippen molar-refractivity contribution in [2.24, 2.45) is 4.99 Å². The molecule has 0 fully saturated rings. The van der Waals surface area contributed by atoms with Crippen LogP contribution in [-0.4, -0.2) is 18.0 Å². The molecule has 2 N–H and O–H groups in total. The minimum absolute atomic E-state index is 0.189. The summed E-state index contributed by atoms with van der Waals surface area (Å²) < 4.78 is 13.5. The summed E-state index contributed by atoms with van der Waals surface area (Å²) in [5, 5.41) is 6.37. The van der Waals surface area contributed by atoms with Gasteiger partial charge in [-0.15, -0.1) is 0 Å². The SMILES string of the molecule is CN=C(NCc1ccc(C)c(F)c1)NCc1ncccc1C. The van der Waals surface area contributed by atoms with Crippen molar-refractivity contribution in [1.29, 1.82) is 0 Å². The Hall–Kier alpha value is -2.43. The molecule has 0 aliphatic rings. The van der Waals surface area contributed by atoms with Crippen LogP contribution in [0.25, 0.3) is 0 Å². The van der Waals surface area contributed by atoms with Crippen molar-refractivity contribution in [2.75, 3.05) is 7.05 Å². The van der Waals surface area contributed by atoms with Crippen LogP contribution in [0.5, 0.6) is 0 Å². The van der Waals surface area contributed by atoms with E-state index in [2.05, 4.69) is 20.6 Å². The Balaban J connectivity index is 1.90. The number of pyridine rings is 1. The van der Waals surface area contributed by atoms with Gasteiger partial charge in [-0.25, -0.2) is 4.39 Å². The molecule has 0 bridgehead atoms. The number of aromatic nitrogens is 1. The maximum absolute atomic E-state index is 13.5. The van der Waals surface area contributed by atoms with Crippen LogP contribution in [0.4, 0.5) is 4.39 Å². The van der Waals surface area contributed by atoms with Crippen LogP contribution in [0.15, 0.2) is 41.5 Å². The lowest BCUT2D eigenvalue weighted by atomic mass is 10.1. The zero-order valence-electron chi connectivity index (χ0n) is 13.2. The van der Waals surface area contributed by atoms with Gasteiger partial charge < -0.3 is 10.6 Å². The molecular formula is C17H21FN4. The first-order chi connectivity index (χ1) is 10.6. The second-order valence-corrected chi connectivity index (χ2v) is 5.13.